The molecule has 0 aliphatic carbocycles. The van der Waals surface area contributed by atoms with Crippen LogP contribution >= 0.6 is 0 Å². The number of hydrogen-bond donors (Lipinski definition) is 6. The molecular formula is C19H21NO8. The standard InChI is InChI=1S/C19H21NO8/c21-9-14-16(23)17(24)18(25)19(28-14)27-13-5-4-11-7-10(1-3-12(11)8-13)2-6-15(22)20-26/h1-8,14,16-19,21,23-26H,9H2,(H,20,22)/b6-2+/t14-,16-,17+,18-,19+/m1/s1. The van der Waals surface area contributed by atoms with Crippen molar-refractivity contribution in [3.05, 3.63) is 48.0 Å². The molecule has 0 bridgehead atoms. The van der Waals surface area contributed by atoms with E-state index in [1.54, 1.807) is 36.4 Å². The summed E-state index contributed by atoms with van der Waals surface area (Å²) in [5.74, 6) is -0.275. The van der Waals surface area contributed by atoms with Gasteiger partial charge in [-0.15, -0.1) is 0 Å². The minimum absolute atomic E-state index is 0.361. The summed E-state index contributed by atoms with van der Waals surface area (Å²) in [5, 5.41) is 49.1. The third-order valence-electron chi connectivity index (χ3n) is 4.47. The van der Waals surface area contributed by atoms with Crippen molar-refractivity contribution in [1.29, 1.82) is 0 Å². The first-order valence-corrected chi connectivity index (χ1v) is 8.56. The van der Waals surface area contributed by atoms with Crippen LogP contribution in [-0.4, -0.2) is 68.9 Å². The Hall–Kier alpha value is -2.53. The zero-order valence-electron chi connectivity index (χ0n) is 14.7. The highest BCUT2D eigenvalue weighted by molar-refractivity contribution is 5.92. The van der Waals surface area contributed by atoms with Crippen molar-refractivity contribution >= 4 is 22.8 Å². The largest absolute Gasteiger partial charge is 0.462 e. The minimum atomic E-state index is -1.51. The van der Waals surface area contributed by atoms with Crippen LogP contribution in [0.4, 0.5) is 0 Å². The van der Waals surface area contributed by atoms with Crippen LogP contribution in [0, 0.1) is 0 Å². The van der Waals surface area contributed by atoms with Crippen molar-refractivity contribution in [3.8, 4) is 5.75 Å². The van der Waals surface area contributed by atoms with E-state index in [1.165, 1.54) is 11.6 Å². The van der Waals surface area contributed by atoms with Gasteiger partial charge in [0, 0.05) is 6.08 Å². The Labute approximate surface area is 160 Å². The molecule has 150 valence electrons. The predicted octanol–water partition coefficient (Wildman–Crippen LogP) is -0.463. The molecule has 1 aliphatic heterocycles. The molecule has 0 aromatic heterocycles. The summed E-state index contributed by atoms with van der Waals surface area (Å²) in [6, 6.07) is 10.5. The second-order valence-electron chi connectivity index (χ2n) is 6.39. The van der Waals surface area contributed by atoms with Crippen LogP contribution in [0.25, 0.3) is 16.8 Å². The summed E-state index contributed by atoms with van der Waals surface area (Å²) in [7, 11) is 0. The minimum Gasteiger partial charge on any atom is -0.462 e. The summed E-state index contributed by atoms with van der Waals surface area (Å²) < 4.78 is 10.9. The Morgan fingerprint density at radius 3 is 2.50 bits per heavy atom. The highest BCUT2D eigenvalue weighted by atomic mass is 16.7. The Morgan fingerprint density at radius 2 is 1.79 bits per heavy atom. The lowest BCUT2D eigenvalue weighted by Gasteiger charge is -2.39. The molecule has 9 nitrogen and oxygen atoms in total. The number of aliphatic hydroxyl groups is 4. The number of hydrogen-bond acceptors (Lipinski definition) is 8. The van der Waals surface area contributed by atoms with E-state index in [2.05, 4.69) is 0 Å². The van der Waals surface area contributed by atoms with Crippen molar-refractivity contribution in [2.75, 3.05) is 6.61 Å². The van der Waals surface area contributed by atoms with Crippen LogP contribution in [0.5, 0.6) is 5.75 Å². The molecule has 28 heavy (non-hydrogen) atoms. The third-order valence-corrected chi connectivity index (χ3v) is 4.47. The molecule has 1 aliphatic rings. The van der Waals surface area contributed by atoms with Gasteiger partial charge in [0.1, 0.15) is 30.2 Å². The Morgan fingerprint density at radius 1 is 1.07 bits per heavy atom. The number of carbonyl (C=O) groups is 1. The van der Waals surface area contributed by atoms with Crippen LogP contribution < -0.4 is 10.2 Å². The van der Waals surface area contributed by atoms with Crippen molar-refractivity contribution in [2.45, 2.75) is 30.7 Å². The van der Waals surface area contributed by atoms with E-state index in [9.17, 15) is 25.2 Å². The predicted molar refractivity (Wildman–Crippen MR) is 97.3 cm³/mol. The Bertz CT molecular complexity index is 868. The summed E-state index contributed by atoms with van der Waals surface area (Å²) in [6.45, 7) is -0.535. The zero-order valence-corrected chi connectivity index (χ0v) is 14.7. The molecule has 1 amide bonds. The number of fused-ring (bicyclic) bond motifs is 1. The van der Waals surface area contributed by atoms with Crippen molar-refractivity contribution in [3.63, 3.8) is 0 Å². The molecule has 9 heteroatoms. The van der Waals surface area contributed by atoms with Crippen LogP contribution in [0.15, 0.2) is 42.5 Å². The average molecular weight is 391 g/mol. The molecule has 1 saturated heterocycles. The first kappa shape index (κ1) is 20.2. The van der Waals surface area contributed by atoms with Gasteiger partial charge in [-0.25, -0.2) is 5.48 Å². The Balaban J connectivity index is 1.77. The quantitative estimate of drug-likeness (QED) is 0.228. The van der Waals surface area contributed by atoms with Crippen LogP contribution in [0.3, 0.4) is 0 Å². The Kier molecular flexibility index (Phi) is 6.25. The number of rotatable bonds is 5. The summed E-state index contributed by atoms with van der Waals surface area (Å²) >= 11 is 0. The van der Waals surface area contributed by atoms with Gasteiger partial charge in [0.05, 0.1) is 6.61 Å². The van der Waals surface area contributed by atoms with Gasteiger partial charge in [0.25, 0.3) is 5.91 Å². The smallest absolute Gasteiger partial charge is 0.267 e. The number of aliphatic hydroxyl groups excluding tert-OH is 4. The summed E-state index contributed by atoms with van der Waals surface area (Å²) in [4.78, 5) is 11.1. The lowest BCUT2D eigenvalue weighted by atomic mass is 9.99. The normalized spacial score (nSPS) is 27.8. The number of amides is 1. The molecule has 2 aromatic carbocycles. The fourth-order valence-electron chi connectivity index (χ4n) is 2.93. The maximum absolute atomic E-state index is 11.1. The lowest BCUT2D eigenvalue weighted by Crippen LogP contribution is -2.60. The van der Waals surface area contributed by atoms with E-state index < -0.39 is 43.2 Å². The van der Waals surface area contributed by atoms with E-state index >= 15 is 0 Å². The van der Waals surface area contributed by atoms with Crippen LogP contribution in [-0.2, 0) is 9.53 Å². The first-order chi connectivity index (χ1) is 13.4. The SMILES string of the molecule is O=C(/C=C/c1ccc2cc(O[C@H]3O[C@H](CO)[C@@H](O)[C@H](O)[C@H]3O)ccc2c1)NO. The van der Waals surface area contributed by atoms with Crippen LogP contribution in [0.1, 0.15) is 5.56 Å². The number of carbonyl (C=O) groups excluding carboxylic acids is 1. The van der Waals surface area contributed by atoms with Gasteiger partial charge in [0.2, 0.25) is 6.29 Å². The van der Waals surface area contributed by atoms with Crippen molar-refractivity contribution < 1.29 is 39.9 Å². The van der Waals surface area contributed by atoms with Crippen LogP contribution in [0.2, 0.25) is 0 Å². The molecule has 6 N–H and O–H groups in total. The third kappa shape index (κ3) is 4.30. The molecule has 1 heterocycles. The molecule has 0 saturated carbocycles. The van der Waals surface area contributed by atoms with Gasteiger partial charge in [-0.3, -0.25) is 10.0 Å². The average Bonchev–Trinajstić information content (AvgIpc) is 2.72. The maximum Gasteiger partial charge on any atom is 0.267 e. The number of ether oxygens (including phenoxy) is 2. The molecular weight excluding hydrogens is 370 g/mol. The number of hydroxylamine groups is 1. The monoisotopic (exact) mass is 391 g/mol. The fourth-order valence-corrected chi connectivity index (χ4v) is 2.93. The molecule has 2 aromatic rings. The second-order valence-corrected chi connectivity index (χ2v) is 6.39. The van der Waals surface area contributed by atoms with Gasteiger partial charge in [-0.1, -0.05) is 18.2 Å². The first-order valence-electron chi connectivity index (χ1n) is 8.56. The zero-order chi connectivity index (χ0) is 20.3. The van der Waals surface area contributed by atoms with E-state index in [0.29, 0.717) is 5.75 Å². The van der Waals surface area contributed by atoms with Crippen molar-refractivity contribution in [2.24, 2.45) is 0 Å². The number of nitrogens with one attached hydrogen (secondary N) is 1. The van der Waals surface area contributed by atoms with Gasteiger partial charge >= 0.3 is 0 Å². The fraction of sp³-hybridized carbons (Fsp3) is 0.316. The lowest BCUT2D eigenvalue weighted by molar-refractivity contribution is -0.277. The van der Waals surface area contributed by atoms with Gasteiger partial charge in [0.15, 0.2) is 0 Å². The summed E-state index contributed by atoms with van der Waals surface area (Å²) in [5.41, 5.74) is 2.26. The van der Waals surface area contributed by atoms with Gasteiger partial charge < -0.3 is 29.9 Å². The van der Waals surface area contributed by atoms with E-state index in [0.717, 1.165) is 16.3 Å². The molecule has 1 fully saturated rings. The van der Waals surface area contributed by atoms with E-state index in [-0.39, 0.29) is 0 Å². The number of benzene rings is 2. The molecule has 0 spiro atoms. The maximum atomic E-state index is 11.1. The van der Waals surface area contributed by atoms with E-state index in [4.69, 9.17) is 14.7 Å². The molecule has 3 rings (SSSR count). The summed E-state index contributed by atoms with van der Waals surface area (Å²) in [6.07, 6.45) is -4.01. The van der Waals surface area contributed by atoms with Gasteiger partial charge in [-0.05, 0) is 40.6 Å². The molecule has 5 atom stereocenters. The topological polar surface area (TPSA) is 149 Å². The van der Waals surface area contributed by atoms with Gasteiger partial charge in [-0.2, -0.15) is 0 Å². The highest BCUT2D eigenvalue weighted by Gasteiger charge is 2.44. The molecule has 0 radical (unpaired) electrons. The molecule has 0 unspecified atom stereocenters. The van der Waals surface area contributed by atoms with E-state index in [1.807, 2.05) is 6.07 Å². The second kappa shape index (κ2) is 8.65. The highest BCUT2D eigenvalue weighted by Crippen LogP contribution is 2.27. The van der Waals surface area contributed by atoms with Crippen molar-refractivity contribution in [1.82, 2.24) is 5.48 Å².